The van der Waals surface area contributed by atoms with Gasteiger partial charge in [0, 0.05) is 36.1 Å². The topological polar surface area (TPSA) is 38.9 Å². The Labute approximate surface area is 131 Å². The molecule has 0 atom stereocenters. The van der Waals surface area contributed by atoms with Crippen LogP contribution in [0.3, 0.4) is 0 Å². The Balaban J connectivity index is 1.98. The predicted octanol–water partition coefficient (Wildman–Crippen LogP) is 4.90. The van der Waals surface area contributed by atoms with Gasteiger partial charge in [-0.1, -0.05) is 0 Å². The number of halogens is 4. The number of alkyl halides is 2. The van der Waals surface area contributed by atoms with Crippen molar-refractivity contribution in [3.63, 3.8) is 0 Å². The van der Waals surface area contributed by atoms with Crippen LogP contribution in [0.2, 0.25) is 0 Å². The Morgan fingerprint density at radius 3 is 2.43 bits per heavy atom. The molecule has 0 radical (unpaired) electrons. The van der Waals surface area contributed by atoms with E-state index in [0.29, 0.717) is 11.3 Å². The summed E-state index contributed by atoms with van der Waals surface area (Å²) in [7, 11) is 0. The lowest BCUT2D eigenvalue weighted by Crippen LogP contribution is -2.24. The molecule has 122 valence electrons. The van der Waals surface area contributed by atoms with Crippen LogP contribution >= 0.6 is 0 Å². The summed E-state index contributed by atoms with van der Waals surface area (Å²) in [6.45, 7) is 0. The van der Waals surface area contributed by atoms with E-state index in [0.717, 1.165) is 18.2 Å². The number of nitrogen functional groups attached to an aromatic ring is 1. The van der Waals surface area contributed by atoms with Crippen LogP contribution in [0.15, 0.2) is 30.5 Å². The Bertz CT molecular complexity index is 721. The summed E-state index contributed by atoms with van der Waals surface area (Å²) in [6, 6.07) is 4.64. The van der Waals surface area contributed by atoms with Gasteiger partial charge in [-0.2, -0.15) is 0 Å². The molecule has 1 heterocycles. The van der Waals surface area contributed by atoms with Crippen LogP contribution in [0.1, 0.15) is 37.3 Å². The van der Waals surface area contributed by atoms with E-state index < -0.39 is 17.6 Å². The van der Waals surface area contributed by atoms with Crippen molar-refractivity contribution in [3.8, 4) is 11.1 Å². The van der Waals surface area contributed by atoms with E-state index in [4.69, 9.17) is 5.73 Å². The minimum absolute atomic E-state index is 0.0484. The normalized spacial score (nSPS) is 18.1. The van der Waals surface area contributed by atoms with Crippen molar-refractivity contribution in [2.24, 2.45) is 0 Å². The minimum atomic E-state index is -2.64. The standard InChI is InChI=1S/C17H16F4N2/c18-11-1-2-14(19)13(9-11)12-5-8-23-16(15(12)22)10-3-6-17(20,21)7-4-10/h1-2,5,8-10H,3-4,6-7,22H2. The molecule has 1 aromatic heterocycles. The third-order valence-electron chi connectivity index (χ3n) is 4.34. The molecule has 6 heteroatoms. The van der Waals surface area contributed by atoms with Crippen LogP contribution in [0.5, 0.6) is 0 Å². The molecule has 1 saturated carbocycles. The van der Waals surface area contributed by atoms with Crippen molar-refractivity contribution in [2.75, 3.05) is 5.73 Å². The Morgan fingerprint density at radius 1 is 1.04 bits per heavy atom. The third-order valence-corrected chi connectivity index (χ3v) is 4.34. The number of nitrogens with two attached hydrogens (primary N) is 1. The first kappa shape index (κ1) is 15.8. The molecule has 0 unspecified atom stereocenters. The second kappa shape index (κ2) is 5.83. The minimum Gasteiger partial charge on any atom is -0.397 e. The number of benzene rings is 1. The van der Waals surface area contributed by atoms with Crippen LogP contribution in [0.4, 0.5) is 23.2 Å². The van der Waals surface area contributed by atoms with Crippen LogP contribution in [0, 0.1) is 11.6 Å². The van der Waals surface area contributed by atoms with Gasteiger partial charge in [0.1, 0.15) is 11.6 Å². The SMILES string of the molecule is Nc1c(-c2cc(F)ccc2F)ccnc1C1CCC(F)(F)CC1. The van der Waals surface area contributed by atoms with Crippen LogP contribution in [-0.4, -0.2) is 10.9 Å². The van der Waals surface area contributed by atoms with Gasteiger partial charge in [-0.15, -0.1) is 0 Å². The zero-order valence-corrected chi connectivity index (χ0v) is 12.3. The predicted molar refractivity (Wildman–Crippen MR) is 80.2 cm³/mol. The lowest BCUT2D eigenvalue weighted by molar-refractivity contribution is -0.0384. The average Bonchev–Trinajstić information content (AvgIpc) is 2.51. The van der Waals surface area contributed by atoms with Crippen LogP contribution < -0.4 is 5.73 Å². The molecule has 0 aliphatic heterocycles. The summed E-state index contributed by atoms with van der Waals surface area (Å²) < 4.78 is 54.0. The van der Waals surface area contributed by atoms with Gasteiger partial charge < -0.3 is 5.73 Å². The molecule has 23 heavy (non-hydrogen) atoms. The molecule has 0 spiro atoms. The van der Waals surface area contributed by atoms with E-state index in [9.17, 15) is 17.6 Å². The molecule has 3 rings (SSSR count). The highest BCUT2D eigenvalue weighted by Gasteiger charge is 2.36. The lowest BCUT2D eigenvalue weighted by Gasteiger charge is -2.28. The number of pyridine rings is 1. The number of anilines is 1. The van der Waals surface area contributed by atoms with E-state index in [-0.39, 0.29) is 42.9 Å². The lowest BCUT2D eigenvalue weighted by atomic mass is 9.83. The second-order valence-electron chi connectivity index (χ2n) is 5.91. The van der Waals surface area contributed by atoms with E-state index in [1.54, 1.807) is 0 Å². The summed E-state index contributed by atoms with van der Waals surface area (Å²) in [5.74, 6) is -3.99. The van der Waals surface area contributed by atoms with Gasteiger partial charge in [0.2, 0.25) is 5.92 Å². The smallest absolute Gasteiger partial charge is 0.248 e. The highest BCUT2D eigenvalue weighted by atomic mass is 19.3. The number of hydrogen-bond donors (Lipinski definition) is 1. The number of aromatic nitrogens is 1. The van der Waals surface area contributed by atoms with Crippen molar-refractivity contribution in [3.05, 3.63) is 47.8 Å². The monoisotopic (exact) mass is 324 g/mol. The summed E-state index contributed by atoms with van der Waals surface area (Å²) >= 11 is 0. The van der Waals surface area contributed by atoms with Crippen molar-refractivity contribution < 1.29 is 17.6 Å². The highest BCUT2D eigenvalue weighted by molar-refractivity contribution is 5.78. The summed E-state index contributed by atoms with van der Waals surface area (Å²) in [4.78, 5) is 4.20. The first-order valence-electron chi connectivity index (χ1n) is 7.45. The molecule has 2 nitrogen and oxygen atoms in total. The number of hydrogen-bond acceptors (Lipinski definition) is 2. The summed E-state index contributed by atoms with van der Waals surface area (Å²) in [6.07, 6.45) is 1.59. The Kier molecular flexibility index (Phi) is 4.00. The number of nitrogens with zero attached hydrogens (tertiary/aromatic N) is 1. The largest absolute Gasteiger partial charge is 0.397 e. The molecule has 1 aliphatic carbocycles. The van der Waals surface area contributed by atoms with Gasteiger partial charge >= 0.3 is 0 Å². The molecular weight excluding hydrogens is 308 g/mol. The maximum atomic E-state index is 14.0. The Morgan fingerprint density at radius 2 is 1.74 bits per heavy atom. The number of rotatable bonds is 2. The van der Waals surface area contributed by atoms with Crippen molar-refractivity contribution in [1.82, 2.24) is 4.98 Å². The first-order chi connectivity index (χ1) is 10.9. The molecule has 1 aliphatic rings. The summed E-state index contributed by atoms with van der Waals surface area (Å²) in [5, 5.41) is 0. The van der Waals surface area contributed by atoms with E-state index >= 15 is 0 Å². The van der Waals surface area contributed by atoms with Gasteiger partial charge in [-0.3, -0.25) is 4.98 Å². The zero-order valence-electron chi connectivity index (χ0n) is 12.3. The van der Waals surface area contributed by atoms with Gasteiger partial charge in [0.05, 0.1) is 11.4 Å². The zero-order chi connectivity index (χ0) is 16.6. The molecule has 0 saturated heterocycles. The first-order valence-corrected chi connectivity index (χ1v) is 7.45. The molecule has 0 amide bonds. The third kappa shape index (κ3) is 3.16. The fraction of sp³-hybridized carbons (Fsp3) is 0.353. The van der Waals surface area contributed by atoms with Crippen molar-refractivity contribution in [1.29, 1.82) is 0 Å². The molecule has 1 aromatic carbocycles. The maximum absolute atomic E-state index is 14.0. The average molecular weight is 324 g/mol. The molecule has 1 fully saturated rings. The van der Waals surface area contributed by atoms with Gasteiger partial charge in [-0.25, -0.2) is 17.6 Å². The van der Waals surface area contributed by atoms with Gasteiger partial charge in [0.25, 0.3) is 0 Å². The second-order valence-corrected chi connectivity index (χ2v) is 5.91. The van der Waals surface area contributed by atoms with E-state index in [1.807, 2.05) is 0 Å². The molecule has 0 bridgehead atoms. The van der Waals surface area contributed by atoms with E-state index in [2.05, 4.69) is 4.98 Å². The maximum Gasteiger partial charge on any atom is 0.248 e. The van der Waals surface area contributed by atoms with Crippen LogP contribution in [0.25, 0.3) is 11.1 Å². The fourth-order valence-electron chi connectivity index (χ4n) is 3.07. The quantitative estimate of drug-likeness (QED) is 0.798. The van der Waals surface area contributed by atoms with Crippen molar-refractivity contribution in [2.45, 2.75) is 37.5 Å². The molecule has 2 N–H and O–H groups in total. The molecular formula is C17H16F4N2. The van der Waals surface area contributed by atoms with Crippen LogP contribution in [-0.2, 0) is 0 Å². The summed E-state index contributed by atoms with van der Waals surface area (Å²) in [5.41, 5.74) is 7.20. The van der Waals surface area contributed by atoms with Gasteiger partial charge in [0.15, 0.2) is 0 Å². The van der Waals surface area contributed by atoms with E-state index in [1.165, 1.54) is 12.3 Å². The molecule has 2 aromatic rings. The van der Waals surface area contributed by atoms with Crippen molar-refractivity contribution >= 4 is 5.69 Å². The van der Waals surface area contributed by atoms with Gasteiger partial charge in [-0.05, 0) is 37.1 Å². The Hall–Kier alpha value is -2.11. The highest BCUT2D eigenvalue weighted by Crippen LogP contribution is 2.43. The fourth-order valence-corrected chi connectivity index (χ4v) is 3.07.